The number of rotatable bonds is 7. The van der Waals surface area contributed by atoms with Crippen molar-refractivity contribution in [2.75, 3.05) is 6.54 Å². The third-order valence-electron chi connectivity index (χ3n) is 3.08. The highest BCUT2D eigenvalue weighted by molar-refractivity contribution is 5.87. The van der Waals surface area contributed by atoms with E-state index in [4.69, 9.17) is 0 Å². The molecule has 0 aromatic rings. The van der Waals surface area contributed by atoms with Gasteiger partial charge in [0, 0.05) is 6.54 Å². The predicted molar refractivity (Wildman–Crippen MR) is 62.6 cm³/mol. The SMILES string of the molecule is C=CC(=O)N(CCC)C(C)C(F)(F)C(F)(F)C(F)(F)C(F)(F)F. The van der Waals surface area contributed by atoms with Crippen LogP contribution in [0.2, 0.25) is 0 Å². The van der Waals surface area contributed by atoms with Gasteiger partial charge >= 0.3 is 23.9 Å². The van der Waals surface area contributed by atoms with Crippen LogP contribution < -0.4 is 0 Å². The van der Waals surface area contributed by atoms with E-state index in [9.17, 15) is 44.3 Å². The van der Waals surface area contributed by atoms with Crippen molar-refractivity contribution in [1.82, 2.24) is 4.90 Å². The highest BCUT2D eigenvalue weighted by atomic mass is 19.4. The smallest absolute Gasteiger partial charge is 0.330 e. The van der Waals surface area contributed by atoms with Crippen LogP contribution in [0.25, 0.3) is 0 Å². The Morgan fingerprint density at radius 1 is 1.04 bits per heavy atom. The van der Waals surface area contributed by atoms with Crippen molar-refractivity contribution < 1.29 is 44.3 Å². The Morgan fingerprint density at radius 3 is 1.78 bits per heavy atom. The normalized spacial score (nSPS) is 15.3. The first-order chi connectivity index (χ1) is 10.1. The number of nitrogens with zero attached hydrogens (tertiary/aromatic N) is 1. The maximum atomic E-state index is 13.7. The number of carbonyl (C=O) groups excluding carboxylic acids is 1. The second-order valence-electron chi connectivity index (χ2n) is 4.68. The molecule has 1 atom stereocenters. The molecule has 0 bridgehead atoms. The number of hydrogen-bond acceptors (Lipinski definition) is 1. The second-order valence-corrected chi connectivity index (χ2v) is 4.68. The fraction of sp³-hybridized carbons (Fsp3) is 0.750. The van der Waals surface area contributed by atoms with Crippen molar-refractivity contribution in [2.45, 2.75) is 50.3 Å². The van der Waals surface area contributed by atoms with E-state index >= 15 is 0 Å². The first-order valence-electron chi connectivity index (χ1n) is 6.22. The van der Waals surface area contributed by atoms with Crippen LogP contribution >= 0.6 is 0 Å². The Labute approximate surface area is 125 Å². The summed E-state index contributed by atoms with van der Waals surface area (Å²) in [6.45, 7) is 3.99. The summed E-state index contributed by atoms with van der Waals surface area (Å²) in [6.07, 6.45) is -6.46. The van der Waals surface area contributed by atoms with Gasteiger partial charge < -0.3 is 4.90 Å². The van der Waals surface area contributed by atoms with Gasteiger partial charge in [-0.3, -0.25) is 4.79 Å². The topological polar surface area (TPSA) is 20.3 Å². The zero-order valence-corrected chi connectivity index (χ0v) is 12.0. The average molecular weight is 359 g/mol. The molecule has 2 nitrogen and oxygen atoms in total. The van der Waals surface area contributed by atoms with E-state index in [-0.39, 0.29) is 18.2 Å². The summed E-state index contributed by atoms with van der Waals surface area (Å²) < 4.78 is 116. The van der Waals surface area contributed by atoms with Crippen LogP contribution in [0.4, 0.5) is 39.5 Å². The maximum absolute atomic E-state index is 13.7. The molecule has 0 rings (SSSR count). The summed E-state index contributed by atoms with van der Waals surface area (Å²) in [5.74, 6) is -20.9. The second kappa shape index (κ2) is 6.60. The fourth-order valence-corrected chi connectivity index (χ4v) is 1.70. The number of halogens is 9. The van der Waals surface area contributed by atoms with Gasteiger partial charge in [0.25, 0.3) is 0 Å². The van der Waals surface area contributed by atoms with Crippen LogP contribution in [0.15, 0.2) is 12.7 Å². The molecule has 0 spiro atoms. The molecule has 0 heterocycles. The summed E-state index contributed by atoms with van der Waals surface area (Å²) >= 11 is 0. The molecule has 11 heteroatoms. The van der Waals surface area contributed by atoms with E-state index in [0.29, 0.717) is 6.08 Å². The minimum Gasteiger partial charge on any atom is -0.330 e. The average Bonchev–Trinajstić information content (AvgIpc) is 2.41. The molecular weight excluding hydrogens is 345 g/mol. The monoisotopic (exact) mass is 359 g/mol. The van der Waals surface area contributed by atoms with Crippen molar-refractivity contribution in [3.63, 3.8) is 0 Å². The van der Waals surface area contributed by atoms with E-state index in [1.807, 2.05) is 0 Å². The van der Waals surface area contributed by atoms with Crippen molar-refractivity contribution in [3.8, 4) is 0 Å². The Balaban J connectivity index is 5.92. The summed E-state index contributed by atoms with van der Waals surface area (Å²) in [5, 5.41) is 0. The van der Waals surface area contributed by atoms with Crippen molar-refractivity contribution in [1.29, 1.82) is 0 Å². The van der Waals surface area contributed by atoms with Crippen LogP contribution in [0.1, 0.15) is 20.3 Å². The summed E-state index contributed by atoms with van der Waals surface area (Å²) in [7, 11) is 0. The lowest BCUT2D eigenvalue weighted by Gasteiger charge is -2.40. The van der Waals surface area contributed by atoms with E-state index in [2.05, 4.69) is 6.58 Å². The first kappa shape index (κ1) is 21.6. The van der Waals surface area contributed by atoms with Gasteiger partial charge in [-0.2, -0.15) is 39.5 Å². The molecule has 0 aromatic carbocycles. The Kier molecular flexibility index (Phi) is 6.19. The summed E-state index contributed by atoms with van der Waals surface area (Å²) in [4.78, 5) is 11.4. The standard InChI is InChI=1S/C12H14F9NO/c1-4-6-22(8(23)5-2)7(3)9(13,14)10(15,16)11(17,18)12(19,20)21/h5,7H,2,4,6H2,1,3H3. The fourth-order valence-electron chi connectivity index (χ4n) is 1.70. The third kappa shape index (κ3) is 3.57. The molecule has 0 aliphatic rings. The lowest BCUT2D eigenvalue weighted by molar-refractivity contribution is -0.401. The first-order valence-corrected chi connectivity index (χ1v) is 6.22. The largest absolute Gasteiger partial charge is 0.460 e. The van der Waals surface area contributed by atoms with Gasteiger partial charge in [-0.1, -0.05) is 13.5 Å². The molecule has 1 amide bonds. The van der Waals surface area contributed by atoms with Crippen LogP contribution in [-0.4, -0.2) is 47.3 Å². The molecule has 0 N–H and O–H groups in total. The minimum atomic E-state index is -6.98. The van der Waals surface area contributed by atoms with Gasteiger partial charge in [0.2, 0.25) is 5.91 Å². The predicted octanol–water partition coefficient (Wildman–Crippen LogP) is 4.27. The molecule has 23 heavy (non-hydrogen) atoms. The van der Waals surface area contributed by atoms with Crippen molar-refractivity contribution in [3.05, 3.63) is 12.7 Å². The number of alkyl halides is 9. The summed E-state index contributed by atoms with van der Waals surface area (Å²) in [5.41, 5.74) is 0. The summed E-state index contributed by atoms with van der Waals surface area (Å²) in [6, 6.07) is -2.92. The molecule has 0 aromatic heterocycles. The van der Waals surface area contributed by atoms with Crippen LogP contribution in [0, 0.1) is 0 Å². The van der Waals surface area contributed by atoms with Crippen molar-refractivity contribution >= 4 is 5.91 Å². The van der Waals surface area contributed by atoms with Gasteiger partial charge in [-0.25, -0.2) is 0 Å². The third-order valence-corrected chi connectivity index (χ3v) is 3.08. The molecule has 0 saturated carbocycles. The highest BCUT2D eigenvalue weighted by Crippen LogP contribution is 2.54. The van der Waals surface area contributed by atoms with Crippen molar-refractivity contribution in [2.24, 2.45) is 0 Å². The van der Waals surface area contributed by atoms with Crippen LogP contribution in [-0.2, 0) is 4.79 Å². The van der Waals surface area contributed by atoms with Gasteiger partial charge in [0.15, 0.2) is 0 Å². The Morgan fingerprint density at radius 2 is 1.48 bits per heavy atom. The maximum Gasteiger partial charge on any atom is 0.460 e. The molecular formula is C12H14F9NO. The molecule has 0 radical (unpaired) electrons. The number of hydrogen-bond donors (Lipinski definition) is 0. The quantitative estimate of drug-likeness (QED) is 0.491. The van der Waals surface area contributed by atoms with Gasteiger partial charge in [-0.05, 0) is 19.4 Å². The van der Waals surface area contributed by atoms with Gasteiger partial charge in [-0.15, -0.1) is 0 Å². The van der Waals surface area contributed by atoms with E-state index in [1.165, 1.54) is 6.92 Å². The van der Waals surface area contributed by atoms with Crippen LogP contribution in [0.5, 0.6) is 0 Å². The molecule has 0 aliphatic carbocycles. The van der Waals surface area contributed by atoms with E-state index < -0.39 is 42.4 Å². The van der Waals surface area contributed by atoms with E-state index in [0.717, 1.165) is 0 Å². The molecule has 0 fully saturated rings. The molecule has 136 valence electrons. The zero-order valence-electron chi connectivity index (χ0n) is 12.0. The Bertz CT molecular complexity index is 444. The molecule has 0 saturated heterocycles. The lowest BCUT2D eigenvalue weighted by Crippen LogP contribution is -2.66. The van der Waals surface area contributed by atoms with E-state index in [1.54, 1.807) is 0 Å². The zero-order chi connectivity index (χ0) is 18.9. The lowest BCUT2D eigenvalue weighted by atomic mass is 9.96. The minimum absolute atomic E-state index is 0.0266. The number of carbonyl (C=O) groups is 1. The molecule has 1 unspecified atom stereocenters. The molecule has 0 aliphatic heterocycles. The van der Waals surface area contributed by atoms with Gasteiger partial charge in [0.05, 0.1) is 6.04 Å². The Hall–Kier alpha value is -1.42. The van der Waals surface area contributed by atoms with Crippen LogP contribution in [0.3, 0.4) is 0 Å². The number of amides is 1. The highest BCUT2D eigenvalue weighted by Gasteiger charge is 2.83. The van der Waals surface area contributed by atoms with Gasteiger partial charge in [0.1, 0.15) is 0 Å².